The average Bonchev–Trinajstić information content (AvgIpc) is 3.04. The Kier molecular flexibility index (Phi) is 4.51. The van der Waals surface area contributed by atoms with Gasteiger partial charge in [0.15, 0.2) is 0 Å². The van der Waals surface area contributed by atoms with Crippen LogP contribution in [0.5, 0.6) is 0 Å². The van der Waals surface area contributed by atoms with Gasteiger partial charge < -0.3 is 5.32 Å². The summed E-state index contributed by atoms with van der Waals surface area (Å²) in [5.74, 6) is 6.49. The van der Waals surface area contributed by atoms with Gasteiger partial charge in [-0.05, 0) is 39.8 Å². The van der Waals surface area contributed by atoms with E-state index in [-0.39, 0.29) is 5.41 Å². The number of nitrogens with one attached hydrogen (secondary N) is 1. The van der Waals surface area contributed by atoms with Gasteiger partial charge in [0.05, 0.1) is 10.9 Å². The Labute approximate surface area is 125 Å². The van der Waals surface area contributed by atoms with E-state index in [1.807, 2.05) is 16.9 Å². The van der Waals surface area contributed by atoms with E-state index in [4.69, 9.17) is 0 Å². The number of hydrogen-bond acceptors (Lipinski definition) is 3. The summed E-state index contributed by atoms with van der Waals surface area (Å²) in [5.41, 5.74) is 1.18. The van der Waals surface area contributed by atoms with Gasteiger partial charge in [-0.15, -0.1) is 11.3 Å². The second kappa shape index (κ2) is 6.15. The van der Waals surface area contributed by atoms with Crippen molar-refractivity contribution in [2.75, 3.05) is 11.9 Å². The standard InChI is InChI=1S/C16H21N3S/c1-13(19-9-5-8-18-19)11-17-14-10-15(20-12-14)6-7-16(2,3)4/h5,8-10,12-13,17H,11H2,1-4H3. The monoisotopic (exact) mass is 287 g/mol. The third-order valence-corrected chi connectivity index (χ3v) is 3.58. The molecular weight excluding hydrogens is 266 g/mol. The maximum Gasteiger partial charge on any atom is 0.0789 e. The fraction of sp³-hybridized carbons (Fsp3) is 0.438. The summed E-state index contributed by atoms with van der Waals surface area (Å²) < 4.78 is 1.96. The van der Waals surface area contributed by atoms with Gasteiger partial charge in [-0.2, -0.15) is 5.10 Å². The largest absolute Gasteiger partial charge is 0.382 e. The number of nitrogens with zero attached hydrogens (tertiary/aromatic N) is 2. The summed E-state index contributed by atoms with van der Waals surface area (Å²) >= 11 is 1.68. The van der Waals surface area contributed by atoms with E-state index in [9.17, 15) is 0 Å². The predicted octanol–water partition coefficient (Wildman–Crippen LogP) is 4.02. The number of anilines is 1. The number of aromatic nitrogens is 2. The van der Waals surface area contributed by atoms with E-state index < -0.39 is 0 Å². The van der Waals surface area contributed by atoms with E-state index in [0.717, 1.165) is 17.1 Å². The fourth-order valence-electron chi connectivity index (χ4n) is 1.64. The highest BCUT2D eigenvalue weighted by Gasteiger charge is 2.06. The van der Waals surface area contributed by atoms with Crippen molar-refractivity contribution in [3.05, 3.63) is 34.8 Å². The summed E-state index contributed by atoms with van der Waals surface area (Å²) in [7, 11) is 0. The van der Waals surface area contributed by atoms with E-state index in [1.54, 1.807) is 17.5 Å². The molecule has 0 bridgehead atoms. The zero-order valence-corrected chi connectivity index (χ0v) is 13.3. The van der Waals surface area contributed by atoms with Crippen molar-refractivity contribution in [2.45, 2.75) is 33.7 Å². The van der Waals surface area contributed by atoms with Crippen molar-refractivity contribution >= 4 is 17.0 Å². The first-order valence-corrected chi connectivity index (χ1v) is 7.67. The van der Waals surface area contributed by atoms with Gasteiger partial charge in [-0.25, -0.2) is 0 Å². The molecule has 2 aromatic rings. The average molecular weight is 287 g/mol. The van der Waals surface area contributed by atoms with Crippen LogP contribution in [0, 0.1) is 17.3 Å². The molecule has 0 aliphatic carbocycles. The molecule has 3 nitrogen and oxygen atoms in total. The molecule has 20 heavy (non-hydrogen) atoms. The molecule has 0 saturated heterocycles. The quantitative estimate of drug-likeness (QED) is 0.861. The molecule has 0 aliphatic heterocycles. The summed E-state index contributed by atoms with van der Waals surface area (Å²) in [6, 6.07) is 4.38. The van der Waals surface area contributed by atoms with Gasteiger partial charge in [0.25, 0.3) is 0 Å². The molecule has 2 heterocycles. The van der Waals surface area contributed by atoms with Crippen molar-refractivity contribution < 1.29 is 0 Å². The van der Waals surface area contributed by atoms with E-state index in [0.29, 0.717) is 6.04 Å². The second-order valence-electron chi connectivity index (χ2n) is 5.92. The first-order chi connectivity index (χ1) is 9.44. The molecule has 0 aliphatic rings. The lowest BCUT2D eigenvalue weighted by molar-refractivity contribution is 0.512. The maximum atomic E-state index is 4.25. The topological polar surface area (TPSA) is 29.9 Å². The van der Waals surface area contributed by atoms with E-state index in [2.05, 4.69) is 61.4 Å². The third kappa shape index (κ3) is 4.43. The normalized spacial score (nSPS) is 12.6. The lowest BCUT2D eigenvalue weighted by Gasteiger charge is -2.12. The van der Waals surface area contributed by atoms with Crippen LogP contribution in [-0.2, 0) is 0 Å². The van der Waals surface area contributed by atoms with E-state index in [1.165, 1.54) is 0 Å². The van der Waals surface area contributed by atoms with Gasteiger partial charge in [0, 0.05) is 35.4 Å². The minimum atomic E-state index is 0.0478. The van der Waals surface area contributed by atoms with Crippen LogP contribution in [-0.4, -0.2) is 16.3 Å². The molecule has 0 fully saturated rings. The van der Waals surface area contributed by atoms with E-state index >= 15 is 0 Å². The molecule has 4 heteroatoms. The molecular formula is C16H21N3S. The summed E-state index contributed by atoms with van der Waals surface area (Å²) in [5, 5.41) is 9.79. The fourth-order valence-corrected chi connectivity index (χ4v) is 2.35. The van der Waals surface area contributed by atoms with Crippen LogP contribution < -0.4 is 5.32 Å². The van der Waals surface area contributed by atoms with Crippen LogP contribution in [0.4, 0.5) is 5.69 Å². The Hall–Kier alpha value is -1.73. The highest BCUT2D eigenvalue weighted by atomic mass is 32.1. The lowest BCUT2D eigenvalue weighted by atomic mass is 9.98. The third-order valence-electron chi connectivity index (χ3n) is 2.74. The zero-order valence-electron chi connectivity index (χ0n) is 12.5. The molecule has 2 aromatic heterocycles. The molecule has 1 N–H and O–H groups in total. The molecule has 0 radical (unpaired) electrons. The van der Waals surface area contributed by atoms with Crippen molar-refractivity contribution in [2.24, 2.45) is 5.41 Å². The minimum absolute atomic E-state index is 0.0478. The second-order valence-corrected chi connectivity index (χ2v) is 6.83. The Balaban J connectivity index is 1.91. The SMILES string of the molecule is CC(CNc1csc(C#CC(C)(C)C)c1)n1cccn1. The zero-order chi connectivity index (χ0) is 14.6. The first kappa shape index (κ1) is 14.7. The van der Waals surface area contributed by atoms with Gasteiger partial charge in [-0.1, -0.05) is 11.8 Å². The molecule has 0 amide bonds. The molecule has 2 rings (SSSR count). The van der Waals surface area contributed by atoms with Crippen LogP contribution in [0.15, 0.2) is 29.9 Å². The van der Waals surface area contributed by atoms with Crippen molar-refractivity contribution in [1.82, 2.24) is 9.78 Å². The highest BCUT2D eigenvalue weighted by Crippen LogP contribution is 2.20. The molecule has 0 aromatic carbocycles. The maximum absolute atomic E-state index is 4.25. The molecule has 0 saturated carbocycles. The predicted molar refractivity (Wildman–Crippen MR) is 86.1 cm³/mol. The van der Waals surface area contributed by atoms with Crippen LogP contribution in [0.3, 0.4) is 0 Å². The summed E-state index contributed by atoms with van der Waals surface area (Å²) in [6.07, 6.45) is 3.79. The van der Waals surface area contributed by atoms with Crippen molar-refractivity contribution in [3.8, 4) is 11.8 Å². The summed E-state index contributed by atoms with van der Waals surface area (Å²) in [6.45, 7) is 9.37. The van der Waals surface area contributed by atoms with Crippen LogP contribution in [0.2, 0.25) is 0 Å². The first-order valence-electron chi connectivity index (χ1n) is 6.79. The summed E-state index contributed by atoms with van der Waals surface area (Å²) in [4.78, 5) is 1.11. The highest BCUT2D eigenvalue weighted by molar-refractivity contribution is 7.11. The number of rotatable bonds is 4. The Morgan fingerprint density at radius 3 is 2.90 bits per heavy atom. The van der Waals surface area contributed by atoms with Crippen molar-refractivity contribution in [3.63, 3.8) is 0 Å². The van der Waals surface area contributed by atoms with Gasteiger partial charge in [-0.3, -0.25) is 4.68 Å². The number of thiophene rings is 1. The van der Waals surface area contributed by atoms with Crippen LogP contribution >= 0.6 is 11.3 Å². The van der Waals surface area contributed by atoms with Crippen LogP contribution in [0.1, 0.15) is 38.6 Å². The Morgan fingerprint density at radius 1 is 1.45 bits per heavy atom. The molecule has 0 spiro atoms. The molecule has 1 unspecified atom stereocenters. The molecule has 1 atom stereocenters. The van der Waals surface area contributed by atoms with Crippen molar-refractivity contribution in [1.29, 1.82) is 0 Å². The minimum Gasteiger partial charge on any atom is -0.382 e. The van der Waals surface area contributed by atoms with Gasteiger partial charge in [0.1, 0.15) is 0 Å². The number of hydrogen-bond donors (Lipinski definition) is 1. The lowest BCUT2D eigenvalue weighted by Crippen LogP contribution is -2.16. The van der Waals surface area contributed by atoms with Gasteiger partial charge in [0.2, 0.25) is 0 Å². The Bertz CT molecular complexity index is 594. The molecule has 106 valence electrons. The Morgan fingerprint density at radius 2 is 2.25 bits per heavy atom. The van der Waals surface area contributed by atoms with Crippen LogP contribution in [0.25, 0.3) is 0 Å². The smallest absolute Gasteiger partial charge is 0.0789 e. The van der Waals surface area contributed by atoms with Gasteiger partial charge >= 0.3 is 0 Å².